The molecule has 0 aliphatic carbocycles. The summed E-state index contributed by atoms with van der Waals surface area (Å²) >= 11 is 0. The summed E-state index contributed by atoms with van der Waals surface area (Å²) in [6.45, 7) is 1.97. The Morgan fingerprint density at radius 3 is 2.51 bits per heavy atom. The Hall–Kier alpha value is -4.94. The van der Waals surface area contributed by atoms with Crippen molar-refractivity contribution in [3.8, 4) is 5.75 Å². The van der Waals surface area contributed by atoms with Gasteiger partial charge < -0.3 is 19.8 Å². The molecule has 3 aromatic rings. The van der Waals surface area contributed by atoms with Crippen molar-refractivity contribution in [2.45, 2.75) is 12.8 Å². The summed E-state index contributed by atoms with van der Waals surface area (Å²) in [5, 5.41) is 13.3. The molecule has 13 nitrogen and oxygen atoms in total. The number of anilines is 1. The van der Waals surface area contributed by atoms with Crippen molar-refractivity contribution >= 4 is 45.9 Å². The van der Waals surface area contributed by atoms with Gasteiger partial charge in [0.25, 0.3) is 22.9 Å². The van der Waals surface area contributed by atoms with Crippen LogP contribution in [0.4, 0.5) is 11.4 Å². The predicted octanol–water partition coefficient (Wildman–Crippen LogP) is 1.26. The number of rotatable bonds is 9. The van der Waals surface area contributed by atoms with Crippen molar-refractivity contribution in [2.24, 2.45) is 0 Å². The second kappa shape index (κ2) is 10.3. The SMILES string of the molecule is CCOc1ccccc1NC(=O)C(=O)[C@H](C(=O)C(=O)OC)c1nc2ccc([N+](=O)[O-])cc2[nH]c1=O. The van der Waals surface area contributed by atoms with E-state index in [9.17, 15) is 34.1 Å². The number of aromatic nitrogens is 2. The number of nitrogens with zero attached hydrogens (tertiary/aromatic N) is 2. The highest BCUT2D eigenvalue weighted by atomic mass is 16.6. The predicted molar refractivity (Wildman–Crippen MR) is 120 cm³/mol. The number of ether oxygens (including phenoxy) is 2. The Labute approximate surface area is 196 Å². The first-order valence-corrected chi connectivity index (χ1v) is 10.1. The molecular weight excluding hydrogens is 464 g/mol. The number of H-pyrrole nitrogens is 1. The smallest absolute Gasteiger partial charge is 0.375 e. The van der Waals surface area contributed by atoms with Gasteiger partial charge in [0.2, 0.25) is 5.78 Å². The fourth-order valence-electron chi connectivity index (χ4n) is 3.15. The zero-order valence-corrected chi connectivity index (χ0v) is 18.4. The number of fused-ring (bicyclic) bond motifs is 1. The fourth-order valence-corrected chi connectivity index (χ4v) is 3.15. The Kier molecular flexibility index (Phi) is 7.29. The molecule has 1 heterocycles. The molecule has 180 valence electrons. The highest BCUT2D eigenvalue weighted by Crippen LogP contribution is 2.25. The van der Waals surface area contributed by atoms with Crippen molar-refractivity contribution in [1.29, 1.82) is 0 Å². The van der Waals surface area contributed by atoms with Gasteiger partial charge in [0.05, 0.1) is 35.4 Å². The number of para-hydroxylation sites is 2. The maximum Gasteiger partial charge on any atom is 0.375 e. The Bertz CT molecular complexity index is 1410. The number of nitro groups is 1. The maximum absolute atomic E-state index is 13.0. The number of amides is 1. The maximum atomic E-state index is 13.0. The second-order valence-corrected chi connectivity index (χ2v) is 6.95. The lowest BCUT2D eigenvalue weighted by Crippen LogP contribution is -2.39. The number of aromatic amines is 1. The van der Waals surface area contributed by atoms with E-state index in [0.29, 0.717) is 0 Å². The molecule has 0 aliphatic rings. The van der Waals surface area contributed by atoms with E-state index in [0.717, 1.165) is 19.2 Å². The molecule has 1 atom stereocenters. The number of Topliss-reactive ketones (excluding diaryl/α,β-unsaturated/α-hetero) is 2. The summed E-state index contributed by atoms with van der Waals surface area (Å²) in [7, 11) is 0.886. The topological polar surface area (TPSA) is 188 Å². The molecule has 1 amide bonds. The van der Waals surface area contributed by atoms with Crippen molar-refractivity contribution in [3.63, 3.8) is 0 Å². The van der Waals surface area contributed by atoms with Gasteiger partial charge in [-0.15, -0.1) is 0 Å². The average molecular weight is 482 g/mol. The van der Waals surface area contributed by atoms with E-state index >= 15 is 0 Å². The van der Waals surface area contributed by atoms with Gasteiger partial charge in [0, 0.05) is 12.1 Å². The molecule has 3 rings (SSSR count). The van der Waals surface area contributed by atoms with Gasteiger partial charge in [0.1, 0.15) is 17.4 Å². The van der Waals surface area contributed by atoms with E-state index in [2.05, 4.69) is 20.0 Å². The molecule has 0 bridgehead atoms. The van der Waals surface area contributed by atoms with Gasteiger partial charge in [-0.05, 0) is 25.1 Å². The third-order valence-electron chi connectivity index (χ3n) is 4.76. The zero-order valence-electron chi connectivity index (χ0n) is 18.4. The zero-order chi connectivity index (χ0) is 25.7. The van der Waals surface area contributed by atoms with E-state index < -0.39 is 45.5 Å². The normalized spacial score (nSPS) is 11.4. The van der Waals surface area contributed by atoms with Crippen LogP contribution in [0.2, 0.25) is 0 Å². The molecule has 2 aromatic carbocycles. The van der Waals surface area contributed by atoms with Crippen molar-refractivity contribution in [1.82, 2.24) is 9.97 Å². The van der Waals surface area contributed by atoms with E-state index in [1.165, 1.54) is 18.2 Å². The summed E-state index contributed by atoms with van der Waals surface area (Å²) in [6.07, 6.45) is 0. The summed E-state index contributed by atoms with van der Waals surface area (Å²) in [5.41, 5.74) is -2.16. The van der Waals surface area contributed by atoms with Crippen LogP contribution in [0.25, 0.3) is 11.0 Å². The summed E-state index contributed by atoms with van der Waals surface area (Å²) in [4.78, 5) is 79.7. The van der Waals surface area contributed by atoms with Gasteiger partial charge in [-0.1, -0.05) is 12.1 Å². The quantitative estimate of drug-likeness (QED) is 0.148. The number of esters is 1. The summed E-state index contributed by atoms with van der Waals surface area (Å²) in [5.74, 6) is -7.73. The van der Waals surface area contributed by atoms with Crippen molar-refractivity contribution in [2.75, 3.05) is 19.0 Å². The standard InChI is InChI=1S/C22H18N4O9/c1-3-35-15-7-5-4-6-13(15)24-21(30)18(27)16(19(28)22(31)34-2)17-20(29)25-14-10-11(26(32)33)8-9-12(14)23-17/h4-10,16H,3H2,1-2H3,(H,24,30)(H,25,29)/t16-/m1/s1. The van der Waals surface area contributed by atoms with E-state index in [1.807, 2.05) is 0 Å². The number of carbonyl (C=O) groups is 4. The van der Waals surface area contributed by atoms with Crippen molar-refractivity contribution in [3.05, 3.63) is 68.6 Å². The van der Waals surface area contributed by atoms with Crippen molar-refractivity contribution < 1.29 is 33.6 Å². The van der Waals surface area contributed by atoms with Gasteiger partial charge in [-0.2, -0.15) is 0 Å². The molecule has 0 fully saturated rings. The second-order valence-electron chi connectivity index (χ2n) is 6.95. The number of hydrogen-bond donors (Lipinski definition) is 2. The monoisotopic (exact) mass is 482 g/mol. The van der Waals surface area contributed by atoms with Crippen LogP contribution in [0.5, 0.6) is 5.75 Å². The number of methoxy groups -OCH3 is 1. The number of ketones is 2. The van der Waals surface area contributed by atoms with Crippen LogP contribution in [0.1, 0.15) is 18.5 Å². The first-order chi connectivity index (χ1) is 16.7. The average Bonchev–Trinajstić information content (AvgIpc) is 2.84. The van der Waals surface area contributed by atoms with Crippen LogP contribution >= 0.6 is 0 Å². The van der Waals surface area contributed by atoms with Crippen LogP contribution in [-0.4, -0.2) is 52.1 Å². The minimum Gasteiger partial charge on any atom is -0.492 e. The molecule has 2 N–H and O–H groups in total. The molecular formula is C22H18N4O9. The summed E-state index contributed by atoms with van der Waals surface area (Å²) in [6, 6.07) is 9.48. The minimum absolute atomic E-state index is 0.0252. The van der Waals surface area contributed by atoms with Crippen LogP contribution in [0, 0.1) is 10.1 Å². The lowest BCUT2D eigenvalue weighted by molar-refractivity contribution is -0.384. The highest BCUT2D eigenvalue weighted by molar-refractivity contribution is 6.52. The summed E-state index contributed by atoms with van der Waals surface area (Å²) < 4.78 is 9.75. The minimum atomic E-state index is -2.23. The van der Waals surface area contributed by atoms with Crippen LogP contribution < -0.4 is 15.6 Å². The number of nitro benzene ring substituents is 1. The Morgan fingerprint density at radius 2 is 1.86 bits per heavy atom. The molecule has 0 radical (unpaired) electrons. The molecule has 0 spiro atoms. The Balaban J connectivity index is 2.06. The molecule has 0 unspecified atom stereocenters. The Morgan fingerprint density at radius 1 is 1.14 bits per heavy atom. The van der Waals surface area contributed by atoms with Crippen LogP contribution in [0.15, 0.2) is 47.3 Å². The molecule has 35 heavy (non-hydrogen) atoms. The molecule has 0 saturated heterocycles. The van der Waals surface area contributed by atoms with Gasteiger partial charge in [0.15, 0.2) is 0 Å². The molecule has 1 aromatic heterocycles. The lowest BCUT2D eigenvalue weighted by atomic mass is 9.94. The third kappa shape index (κ3) is 5.19. The third-order valence-corrected chi connectivity index (χ3v) is 4.76. The van der Waals surface area contributed by atoms with Crippen LogP contribution in [-0.2, 0) is 23.9 Å². The number of nitrogens with one attached hydrogen (secondary N) is 2. The number of non-ortho nitro benzene ring substituents is 1. The van der Waals surface area contributed by atoms with Gasteiger partial charge in [-0.25, -0.2) is 9.78 Å². The largest absolute Gasteiger partial charge is 0.492 e. The lowest BCUT2D eigenvalue weighted by Gasteiger charge is -2.14. The van der Waals surface area contributed by atoms with Gasteiger partial charge >= 0.3 is 5.97 Å². The number of benzene rings is 2. The highest BCUT2D eigenvalue weighted by Gasteiger charge is 2.40. The van der Waals surface area contributed by atoms with E-state index in [-0.39, 0.29) is 34.8 Å². The number of carbonyl (C=O) groups excluding carboxylic acids is 4. The van der Waals surface area contributed by atoms with Crippen LogP contribution in [0.3, 0.4) is 0 Å². The molecule has 13 heteroatoms. The molecule has 0 aliphatic heterocycles. The first-order valence-electron chi connectivity index (χ1n) is 10.1. The number of hydrogen-bond acceptors (Lipinski definition) is 10. The van der Waals surface area contributed by atoms with E-state index in [1.54, 1.807) is 19.1 Å². The fraction of sp³-hybridized carbons (Fsp3) is 0.182. The first kappa shape index (κ1) is 24.7. The van der Waals surface area contributed by atoms with E-state index in [4.69, 9.17) is 4.74 Å². The molecule has 0 saturated carbocycles. The van der Waals surface area contributed by atoms with Gasteiger partial charge in [-0.3, -0.25) is 29.3 Å².